The van der Waals surface area contributed by atoms with Crippen LogP contribution in [0.4, 0.5) is 24.8 Å². The van der Waals surface area contributed by atoms with Crippen molar-refractivity contribution in [3.8, 4) is 0 Å². The summed E-state index contributed by atoms with van der Waals surface area (Å²) < 4.78 is 38.0. The van der Waals surface area contributed by atoms with Gasteiger partial charge in [-0.2, -0.15) is 13.2 Å². The molecule has 0 aliphatic heterocycles. The number of nitrogen functional groups attached to an aromatic ring is 1. The van der Waals surface area contributed by atoms with E-state index in [1.54, 1.807) is 6.92 Å². The first-order chi connectivity index (χ1) is 8.70. The lowest BCUT2D eigenvalue weighted by molar-refractivity contribution is -0.137. The lowest BCUT2D eigenvalue weighted by Crippen LogP contribution is -2.35. The average Bonchev–Trinajstić information content (AvgIpc) is 2.27. The third kappa shape index (κ3) is 4.27. The van der Waals surface area contributed by atoms with Gasteiger partial charge in [-0.3, -0.25) is 0 Å². The molecule has 108 valence electrons. The molecule has 0 saturated carbocycles. The van der Waals surface area contributed by atoms with E-state index >= 15 is 0 Å². The maximum atomic E-state index is 12.7. The largest absolute Gasteiger partial charge is 0.416 e. The van der Waals surface area contributed by atoms with Crippen molar-refractivity contribution in [3.63, 3.8) is 0 Å². The van der Waals surface area contributed by atoms with Crippen LogP contribution in [0.15, 0.2) is 12.1 Å². The van der Waals surface area contributed by atoms with Crippen LogP contribution in [0.5, 0.6) is 0 Å². The first-order valence-corrected chi connectivity index (χ1v) is 5.94. The van der Waals surface area contributed by atoms with E-state index < -0.39 is 17.3 Å². The van der Waals surface area contributed by atoms with Crippen molar-refractivity contribution in [2.45, 2.75) is 38.4 Å². The molecule has 0 fully saturated rings. The summed E-state index contributed by atoms with van der Waals surface area (Å²) in [5, 5.41) is 11.9. The van der Waals surface area contributed by atoms with Gasteiger partial charge in [-0.1, -0.05) is 6.92 Å². The van der Waals surface area contributed by atoms with E-state index in [9.17, 15) is 13.2 Å². The first kappa shape index (κ1) is 15.6. The molecule has 0 spiro atoms. The lowest BCUT2D eigenvalue weighted by atomic mass is 9.95. The molecule has 1 atom stereocenters. The number of alkyl halides is 3. The molecular weight excluding hydrogens is 259 g/mol. The molecule has 1 unspecified atom stereocenters. The van der Waals surface area contributed by atoms with Gasteiger partial charge in [0, 0.05) is 12.1 Å². The Bertz CT molecular complexity index is 437. The molecule has 0 aliphatic rings. The number of aromatic nitrogens is 1. The zero-order valence-corrected chi connectivity index (χ0v) is 10.9. The molecule has 1 heterocycles. The molecule has 1 aromatic heterocycles. The Balaban J connectivity index is 3.04. The number of nitrogens with one attached hydrogen (secondary N) is 1. The van der Waals surface area contributed by atoms with Crippen LogP contribution in [0, 0.1) is 0 Å². The minimum absolute atomic E-state index is 0.0603. The minimum Gasteiger partial charge on any atom is -0.396 e. The molecule has 0 saturated heterocycles. The predicted octanol–water partition coefficient (Wildman–Crippen LogP) is 2.65. The number of rotatable bonds is 5. The van der Waals surface area contributed by atoms with Gasteiger partial charge in [-0.05, 0) is 31.9 Å². The van der Waals surface area contributed by atoms with Crippen LogP contribution < -0.4 is 11.1 Å². The summed E-state index contributed by atoms with van der Waals surface area (Å²) in [5.74, 6) is -0.134. The maximum absolute atomic E-state index is 12.7. The van der Waals surface area contributed by atoms with Crippen LogP contribution in [-0.2, 0) is 6.18 Å². The van der Waals surface area contributed by atoms with Crippen molar-refractivity contribution in [2.75, 3.05) is 17.7 Å². The highest BCUT2D eigenvalue weighted by molar-refractivity contribution is 5.48. The molecule has 0 bridgehead atoms. The fourth-order valence-corrected chi connectivity index (χ4v) is 1.66. The molecule has 19 heavy (non-hydrogen) atoms. The number of hydrogen-bond donors (Lipinski definition) is 3. The summed E-state index contributed by atoms with van der Waals surface area (Å²) >= 11 is 0. The molecular formula is C12H18F3N3O. The van der Waals surface area contributed by atoms with E-state index in [0.29, 0.717) is 12.8 Å². The van der Waals surface area contributed by atoms with Gasteiger partial charge < -0.3 is 16.2 Å². The third-order valence-corrected chi connectivity index (χ3v) is 3.05. The van der Waals surface area contributed by atoms with Crippen molar-refractivity contribution in [1.29, 1.82) is 0 Å². The number of aliphatic hydroxyl groups excluding tert-OH is 1. The fraction of sp³-hybridized carbons (Fsp3) is 0.583. The summed E-state index contributed by atoms with van der Waals surface area (Å²) in [6.07, 6.45) is -3.43. The fourth-order valence-electron chi connectivity index (χ4n) is 1.66. The summed E-state index contributed by atoms with van der Waals surface area (Å²) in [4.78, 5) is 3.85. The van der Waals surface area contributed by atoms with Gasteiger partial charge in [0.25, 0.3) is 0 Å². The molecule has 7 heteroatoms. The van der Waals surface area contributed by atoms with E-state index in [-0.39, 0.29) is 18.2 Å². The zero-order valence-electron chi connectivity index (χ0n) is 10.9. The van der Waals surface area contributed by atoms with Crippen molar-refractivity contribution in [1.82, 2.24) is 4.98 Å². The predicted molar refractivity (Wildman–Crippen MR) is 67.7 cm³/mol. The number of pyridine rings is 1. The molecule has 0 amide bonds. The highest BCUT2D eigenvalue weighted by Crippen LogP contribution is 2.32. The van der Waals surface area contributed by atoms with Crippen LogP contribution in [0.1, 0.15) is 32.3 Å². The normalized spacial score (nSPS) is 15.1. The van der Waals surface area contributed by atoms with E-state index in [1.807, 2.05) is 6.92 Å². The molecule has 4 nitrogen and oxygen atoms in total. The summed E-state index contributed by atoms with van der Waals surface area (Å²) in [5.41, 5.74) is 4.02. The van der Waals surface area contributed by atoms with Gasteiger partial charge in [0.1, 0.15) is 11.6 Å². The Morgan fingerprint density at radius 1 is 1.37 bits per heavy atom. The second-order valence-corrected chi connectivity index (χ2v) is 4.68. The van der Waals surface area contributed by atoms with Gasteiger partial charge in [0.05, 0.1) is 5.56 Å². The Morgan fingerprint density at radius 2 is 2.00 bits per heavy atom. The van der Waals surface area contributed by atoms with Gasteiger partial charge in [-0.25, -0.2) is 4.98 Å². The van der Waals surface area contributed by atoms with Gasteiger partial charge in [0.15, 0.2) is 0 Å². The number of nitrogens with zero attached hydrogens (tertiary/aromatic N) is 1. The topological polar surface area (TPSA) is 71.2 Å². The second kappa shape index (κ2) is 5.64. The van der Waals surface area contributed by atoms with E-state index in [1.165, 1.54) is 0 Å². The standard InChI is InChI=1S/C12H18F3N3O/c1-3-11(2,4-5-19)18-10-7-8(12(13,14)15)6-9(16)17-10/h6-7,19H,3-5H2,1-2H3,(H3,16,17,18). The second-order valence-electron chi connectivity index (χ2n) is 4.68. The number of aliphatic hydroxyl groups is 1. The Hall–Kier alpha value is -1.50. The molecule has 1 aromatic rings. The molecule has 4 N–H and O–H groups in total. The SMILES string of the molecule is CCC(C)(CCO)Nc1cc(C(F)(F)F)cc(N)n1. The van der Waals surface area contributed by atoms with Crippen molar-refractivity contribution < 1.29 is 18.3 Å². The Kier molecular flexibility index (Phi) is 4.62. The van der Waals surface area contributed by atoms with Crippen LogP contribution in [-0.4, -0.2) is 22.2 Å². The van der Waals surface area contributed by atoms with Crippen molar-refractivity contribution in [3.05, 3.63) is 17.7 Å². The number of nitrogens with two attached hydrogens (primary N) is 1. The van der Waals surface area contributed by atoms with E-state index in [4.69, 9.17) is 10.8 Å². The average molecular weight is 277 g/mol. The zero-order chi connectivity index (χ0) is 14.7. The molecule has 0 aromatic carbocycles. The molecule has 0 aliphatic carbocycles. The molecule has 0 radical (unpaired) electrons. The third-order valence-electron chi connectivity index (χ3n) is 3.05. The number of halogens is 3. The quantitative estimate of drug-likeness (QED) is 0.773. The van der Waals surface area contributed by atoms with E-state index in [2.05, 4.69) is 10.3 Å². The Labute approximate surface area is 109 Å². The van der Waals surface area contributed by atoms with Crippen LogP contribution in [0.2, 0.25) is 0 Å². The maximum Gasteiger partial charge on any atom is 0.416 e. The Morgan fingerprint density at radius 3 is 2.47 bits per heavy atom. The monoisotopic (exact) mass is 277 g/mol. The van der Waals surface area contributed by atoms with Crippen LogP contribution >= 0.6 is 0 Å². The lowest BCUT2D eigenvalue weighted by Gasteiger charge is -2.30. The van der Waals surface area contributed by atoms with Gasteiger partial charge in [0.2, 0.25) is 0 Å². The van der Waals surface area contributed by atoms with E-state index in [0.717, 1.165) is 12.1 Å². The molecule has 1 rings (SSSR count). The van der Waals surface area contributed by atoms with Crippen molar-refractivity contribution in [2.24, 2.45) is 0 Å². The minimum atomic E-state index is -4.47. The van der Waals surface area contributed by atoms with Crippen molar-refractivity contribution >= 4 is 11.6 Å². The summed E-state index contributed by atoms with van der Waals surface area (Å²) in [6, 6.07) is 1.71. The van der Waals surface area contributed by atoms with Crippen LogP contribution in [0.3, 0.4) is 0 Å². The number of hydrogen-bond acceptors (Lipinski definition) is 4. The van der Waals surface area contributed by atoms with Crippen LogP contribution in [0.25, 0.3) is 0 Å². The highest BCUT2D eigenvalue weighted by atomic mass is 19.4. The van der Waals surface area contributed by atoms with Gasteiger partial charge >= 0.3 is 6.18 Å². The highest BCUT2D eigenvalue weighted by Gasteiger charge is 2.32. The summed E-state index contributed by atoms with van der Waals surface area (Å²) in [7, 11) is 0. The number of anilines is 2. The smallest absolute Gasteiger partial charge is 0.396 e. The summed E-state index contributed by atoms with van der Waals surface area (Å²) in [6.45, 7) is 3.62. The van der Waals surface area contributed by atoms with Gasteiger partial charge in [-0.15, -0.1) is 0 Å². The first-order valence-electron chi connectivity index (χ1n) is 5.94.